The molecule has 1 unspecified atom stereocenters. The number of rotatable bonds is 8. The molecule has 0 saturated carbocycles. The molecule has 0 aliphatic rings. The Balaban J connectivity index is 1.79. The van der Waals surface area contributed by atoms with Crippen molar-refractivity contribution in [1.82, 2.24) is 5.32 Å². The summed E-state index contributed by atoms with van der Waals surface area (Å²) in [5.74, 6) is 0.508. The molecule has 3 N–H and O–H groups in total. The molecule has 138 valence electrons. The number of quaternary nitrogens is 1. The fourth-order valence-electron chi connectivity index (χ4n) is 2.45. The first-order chi connectivity index (χ1) is 12.5. The minimum absolute atomic E-state index is 0.0800. The molecule has 0 aromatic heterocycles. The van der Waals surface area contributed by atoms with Gasteiger partial charge in [-0.25, -0.2) is 0 Å². The quantitative estimate of drug-likeness (QED) is 0.657. The molecule has 6 nitrogen and oxygen atoms in total. The van der Waals surface area contributed by atoms with Crippen LogP contribution in [0.4, 0.5) is 5.69 Å². The summed E-state index contributed by atoms with van der Waals surface area (Å²) in [6.45, 7) is 2.50. The normalized spacial score (nSPS) is 12.7. The number of hydrogen-bond donors (Lipinski definition) is 3. The number of ether oxygens (including phenoxy) is 1. The Kier molecular flexibility index (Phi) is 7.17. The highest BCUT2D eigenvalue weighted by Gasteiger charge is 2.23. The average molecular weight is 356 g/mol. The van der Waals surface area contributed by atoms with Gasteiger partial charge in [0.1, 0.15) is 5.75 Å². The minimum Gasteiger partial charge on any atom is -0.497 e. The molecule has 0 saturated heterocycles. The SMILES string of the molecule is COc1ccc(NC(=O)C[NH+](C)[C@@H](C)C(=O)NCc2ccccc2)cc1. The first-order valence-electron chi connectivity index (χ1n) is 8.57. The Morgan fingerprint density at radius 1 is 1.08 bits per heavy atom. The Morgan fingerprint density at radius 3 is 2.35 bits per heavy atom. The number of hydrogen-bond acceptors (Lipinski definition) is 3. The third-order valence-corrected chi connectivity index (χ3v) is 4.26. The molecule has 2 rings (SSSR count). The summed E-state index contributed by atoms with van der Waals surface area (Å²) >= 11 is 0. The van der Waals surface area contributed by atoms with Gasteiger partial charge in [0.2, 0.25) is 0 Å². The summed E-state index contributed by atoms with van der Waals surface area (Å²) in [6, 6.07) is 16.5. The van der Waals surface area contributed by atoms with Crippen molar-refractivity contribution < 1.29 is 19.2 Å². The van der Waals surface area contributed by atoms with Crippen LogP contribution in [0.5, 0.6) is 5.75 Å². The summed E-state index contributed by atoms with van der Waals surface area (Å²) in [5, 5.41) is 5.74. The van der Waals surface area contributed by atoms with Gasteiger partial charge in [0.15, 0.2) is 12.6 Å². The Hall–Kier alpha value is -2.86. The van der Waals surface area contributed by atoms with Crippen LogP contribution in [0.3, 0.4) is 0 Å². The molecule has 0 aliphatic carbocycles. The van der Waals surface area contributed by atoms with E-state index in [4.69, 9.17) is 4.74 Å². The van der Waals surface area contributed by atoms with Crippen molar-refractivity contribution in [3.05, 3.63) is 60.2 Å². The standard InChI is InChI=1S/C20H25N3O3/c1-15(20(25)21-13-16-7-5-4-6-8-16)23(2)14-19(24)22-17-9-11-18(26-3)12-10-17/h4-12,15H,13-14H2,1-3H3,(H,21,25)(H,22,24)/p+1/t15-/m0/s1. The lowest BCUT2D eigenvalue weighted by atomic mass is 10.2. The van der Waals surface area contributed by atoms with Gasteiger partial charge in [0.25, 0.3) is 11.8 Å². The molecule has 0 aliphatic heterocycles. The fourth-order valence-corrected chi connectivity index (χ4v) is 2.45. The summed E-state index contributed by atoms with van der Waals surface area (Å²) < 4.78 is 5.09. The largest absolute Gasteiger partial charge is 0.497 e. The molecule has 0 radical (unpaired) electrons. The number of amides is 2. The Labute approximate surface area is 154 Å². The van der Waals surface area contributed by atoms with E-state index in [9.17, 15) is 9.59 Å². The number of carbonyl (C=O) groups is 2. The highest BCUT2D eigenvalue weighted by molar-refractivity contribution is 5.91. The zero-order valence-electron chi connectivity index (χ0n) is 15.4. The molecular weight excluding hydrogens is 330 g/mol. The van der Waals surface area contributed by atoms with Gasteiger partial charge in [0, 0.05) is 12.2 Å². The van der Waals surface area contributed by atoms with Crippen LogP contribution < -0.4 is 20.3 Å². The van der Waals surface area contributed by atoms with Gasteiger partial charge in [-0.3, -0.25) is 9.59 Å². The van der Waals surface area contributed by atoms with Crippen LogP contribution in [0.25, 0.3) is 0 Å². The summed E-state index contributed by atoms with van der Waals surface area (Å²) in [6.07, 6.45) is 0. The first kappa shape index (κ1) is 19.5. The molecule has 0 spiro atoms. The monoisotopic (exact) mass is 356 g/mol. The minimum atomic E-state index is -0.333. The third kappa shape index (κ3) is 5.89. The van der Waals surface area contributed by atoms with Crippen LogP contribution in [-0.2, 0) is 16.1 Å². The zero-order chi connectivity index (χ0) is 18.9. The van der Waals surface area contributed by atoms with Gasteiger partial charge in [-0.1, -0.05) is 30.3 Å². The van der Waals surface area contributed by atoms with Crippen LogP contribution >= 0.6 is 0 Å². The van der Waals surface area contributed by atoms with E-state index in [1.807, 2.05) is 44.3 Å². The Bertz CT molecular complexity index is 717. The van der Waals surface area contributed by atoms with Gasteiger partial charge in [-0.15, -0.1) is 0 Å². The van der Waals surface area contributed by atoms with Gasteiger partial charge >= 0.3 is 0 Å². The van der Waals surface area contributed by atoms with Crippen LogP contribution in [0.15, 0.2) is 54.6 Å². The van der Waals surface area contributed by atoms with Crippen molar-refractivity contribution in [2.24, 2.45) is 0 Å². The second kappa shape index (κ2) is 9.58. The first-order valence-corrected chi connectivity index (χ1v) is 8.57. The average Bonchev–Trinajstić information content (AvgIpc) is 2.66. The van der Waals surface area contributed by atoms with Crippen molar-refractivity contribution in [2.75, 3.05) is 26.0 Å². The van der Waals surface area contributed by atoms with Crippen molar-refractivity contribution in [2.45, 2.75) is 19.5 Å². The lowest BCUT2D eigenvalue weighted by Gasteiger charge is -2.20. The fraction of sp³-hybridized carbons (Fsp3) is 0.300. The number of anilines is 1. The third-order valence-electron chi connectivity index (χ3n) is 4.26. The van der Waals surface area contributed by atoms with Crippen molar-refractivity contribution in [3.8, 4) is 5.75 Å². The number of likely N-dealkylation sites (N-methyl/N-ethyl adjacent to an activating group) is 1. The smallest absolute Gasteiger partial charge is 0.279 e. The lowest BCUT2D eigenvalue weighted by molar-refractivity contribution is -0.885. The highest BCUT2D eigenvalue weighted by Crippen LogP contribution is 2.14. The summed E-state index contributed by atoms with van der Waals surface area (Å²) in [5.41, 5.74) is 1.74. The van der Waals surface area contributed by atoms with E-state index in [2.05, 4.69) is 10.6 Å². The van der Waals surface area contributed by atoms with Crippen LogP contribution in [0.1, 0.15) is 12.5 Å². The maximum absolute atomic E-state index is 12.3. The Morgan fingerprint density at radius 2 is 1.73 bits per heavy atom. The maximum Gasteiger partial charge on any atom is 0.279 e. The lowest BCUT2D eigenvalue weighted by Crippen LogP contribution is -3.15. The number of carbonyl (C=O) groups excluding carboxylic acids is 2. The predicted octanol–water partition coefficient (Wildman–Crippen LogP) is 0.853. The molecule has 2 amide bonds. The number of nitrogens with one attached hydrogen (secondary N) is 3. The van der Waals surface area contributed by atoms with E-state index < -0.39 is 0 Å². The van der Waals surface area contributed by atoms with E-state index in [0.717, 1.165) is 16.2 Å². The topological polar surface area (TPSA) is 71.9 Å². The van der Waals surface area contributed by atoms with Gasteiger partial charge < -0.3 is 20.3 Å². The van der Waals surface area contributed by atoms with E-state index >= 15 is 0 Å². The van der Waals surface area contributed by atoms with Crippen molar-refractivity contribution in [3.63, 3.8) is 0 Å². The van der Waals surface area contributed by atoms with Crippen molar-refractivity contribution in [1.29, 1.82) is 0 Å². The second-order valence-corrected chi connectivity index (χ2v) is 6.22. The van der Waals surface area contributed by atoms with Crippen LogP contribution in [-0.4, -0.2) is 38.6 Å². The number of benzene rings is 2. The molecule has 26 heavy (non-hydrogen) atoms. The zero-order valence-corrected chi connectivity index (χ0v) is 15.4. The summed E-state index contributed by atoms with van der Waals surface area (Å²) in [4.78, 5) is 25.3. The van der Waals surface area contributed by atoms with E-state index in [1.54, 1.807) is 31.4 Å². The molecule has 2 aromatic rings. The molecule has 6 heteroatoms. The number of methoxy groups -OCH3 is 1. The van der Waals surface area contributed by atoms with E-state index in [0.29, 0.717) is 12.2 Å². The predicted molar refractivity (Wildman–Crippen MR) is 101 cm³/mol. The van der Waals surface area contributed by atoms with Crippen LogP contribution in [0.2, 0.25) is 0 Å². The van der Waals surface area contributed by atoms with Crippen molar-refractivity contribution >= 4 is 17.5 Å². The second-order valence-electron chi connectivity index (χ2n) is 6.22. The summed E-state index contributed by atoms with van der Waals surface area (Å²) in [7, 11) is 3.43. The van der Waals surface area contributed by atoms with Gasteiger partial charge in [-0.05, 0) is 36.8 Å². The maximum atomic E-state index is 12.3. The van der Waals surface area contributed by atoms with Crippen LogP contribution in [0, 0.1) is 0 Å². The molecule has 2 aromatic carbocycles. The molecule has 0 bridgehead atoms. The molecular formula is C20H26N3O3+. The van der Waals surface area contributed by atoms with E-state index in [1.165, 1.54) is 0 Å². The molecule has 0 fully saturated rings. The molecule has 2 atom stereocenters. The molecule has 0 heterocycles. The van der Waals surface area contributed by atoms with Gasteiger partial charge in [-0.2, -0.15) is 0 Å². The van der Waals surface area contributed by atoms with E-state index in [-0.39, 0.29) is 24.4 Å². The van der Waals surface area contributed by atoms with Gasteiger partial charge in [0.05, 0.1) is 14.2 Å². The highest BCUT2D eigenvalue weighted by atomic mass is 16.5.